The number of ether oxygens (including phenoxy) is 3. The van der Waals surface area contributed by atoms with E-state index >= 15 is 0 Å². The Balaban J connectivity index is 4.15. The Kier molecular flexibility index (Phi) is 29.9. The number of azide groups is 1. The second kappa shape index (κ2) is 31.7. The van der Waals surface area contributed by atoms with Crippen molar-refractivity contribution in [1.29, 1.82) is 0 Å². The zero-order valence-electron chi connectivity index (χ0n) is 27.0. The number of nitrogens with zero attached hydrogens (tertiary/aromatic N) is 3. The fourth-order valence-electron chi connectivity index (χ4n) is 4.81. The molecule has 0 spiro atoms. The van der Waals surface area contributed by atoms with Gasteiger partial charge in [0.15, 0.2) is 6.10 Å². The highest BCUT2D eigenvalue weighted by molar-refractivity contribution is 5.72. The van der Waals surface area contributed by atoms with E-state index in [9.17, 15) is 14.4 Å². The number of unbranched alkanes of at least 4 members (excludes halogenated alkanes) is 20. The summed E-state index contributed by atoms with van der Waals surface area (Å²) in [4.78, 5) is 38.9. The average Bonchev–Trinajstić information content (AvgIpc) is 2.98. The predicted molar refractivity (Wildman–Crippen MR) is 168 cm³/mol. The van der Waals surface area contributed by atoms with E-state index < -0.39 is 24.6 Å². The van der Waals surface area contributed by atoms with Gasteiger partial charge >= 0.3 is 17.9 Å². The molecule has 244 valence electrons. The summed E-state index contributed by atoms with van der Waals surface area (Å²) in [7, 11) is 0. The molecule has 42 heavy (non-hydrogen) atoms. The van der Waals surface area contributed by atoms with Gasteiger partial charge in [-0.3, -0.25) is 14.4 Å². The van der Waals surface area contributed by atoms with Gasteiger partial charge in [0.25, 0.3) is 0 Å². The van der Waals surface area contributed by atoms with Gasteiger partial charge in [-0.25, -0.2) is 0 Å². The summed E-state index contributed by atoms with van der Waals surface area (Å²) in [5.74, 6) is -1.48. The summed E-state index contributed by atoms with van der Waals surface area (Å²) in [5, 5.41) is 3.17. The third kappa shape index (κ3) is 29.2. The molecule has 0 aromatic carbocycles. The lowest BCUT2D eigenvalue weighted by molar-refractivity contribution is -0.166. The second-order valence-electron chi connectivity index (χ2n) is 11.4. The molecule has 0 aromatic rings. The highest BCUT2D eigenvalue weighted by Crippen LogP contribution is 2.14. The van der Waals surface area contributed by atoms with Crippen molar-refractivity contribution in [3.63, 3.8) is 0 Å². The Morgan fingerprint density at radius 1 is 0.548 bits per heavy atom. The van der Waals surface area contributed by atoms with Gasteiger partial charge in [0.05, 0.1) is 0 Å². The lowest BCUT2D eigenvalue weighted by Gasteiger charge is -2.18. The van der Waals surface area contributed by atoms with Gasteiger partial charge in [-0.2, -0.15) is 0 Å². The molecule has 0 aliphatic heterocycles. The first-order valence-corrected chi connectivity index (χ1v) is 17.0. The summed E-state index contributed by atoms with van der Waals surface area (Å²) < 4.78 is 15.8. The third-order valence-corrected chi connectivity index (χ3v) is 7.39. The summed E-state index contributed by atoms with van der Waals surface area (Å²) in [5.41, 5.74) is 8.36. The molecule has 0 saturated carbocycles. The molecule has 9 heteroatoms. The molecule has 0 heterocycles. The summed E-state index contributed by atoms with van der Waals surface area (Å²) in [6.45, 7) is 3.59. The zero-order valence-corrected chi connectivity index (χ0v) is 27.0. The number of rotatable bonds is 31. The third-order valence-electron chi connectivity index (χ3n) is 7.39. The van der Waals surface area contributed by atoms with Crippen molar-refractivity contribution in [2.75, 3.05) is 19.8 Å². The van der Waals surface area contributed by atoms with Gasteiger partial charge in [-0.1, -0.05) is 147 Å². The molecule has 0 saturated heterocycles. The van der Waals surface area contributed by atoms with E-state index in [1.165, 1.54) is 103 Å². The van der Waals surface area contributed by atoms with Crippen molar-refractivity contribution >= 4 is 17.9 Å². The molecule has 0 rings (SSSR count). The maximum atomic E-state index is 12.4. The Labute approximate surface area is 255 Å². The van der Waals surface area contributed by atoms with Crippen molar-refractivity contribution < 1.29 is 28.6 Å². The minimum atomic E-state index is -0.888. The fourth-order valence-corrected chi connectivity index (χ4v) is 4.81. The topological polar surface area (TPSA) is 128 Å². The van der Waals surface area contributed by atoms with Crippen LogP contribution in [0.3, 0.4) is 0 Å². The highest BCUT2D eigenvalue weighted by Gasteiger charge is 2.19. The molecule has 9 nitrogen and oxygen atoms in total. The van der Waals surface area contributed by atoms with E-state index in [0.29, 0.717) is 6.42 Å². The molecule has 0 aliphatic carbocycles. The van der Waals surface area contributed by atoms with Gasteiger partial charge in [-0.15, -0.1) is 0 Å². The molecular formula is C33H61N3O6. The Bertz CT molecular complexity index is 712. The van der Waals surface area contributed by atoms with Gasteiger partial charge < -0.3 is 14.2 Å². The largest absolute Gasteiger partial charge is 0.462 e. The molecule has 0 bridgehead atoms. The summed E-state index contributed by atoms with van der Waals surface area (Å²) in [6.07, 6.45) is 26.0. The van der Waals surface area contributed by atoms with Gasteiger partial charge in [0, 0.05) is 17.8 Å². The first-order chi connectivity index (χ1) is 20.5. The monoisotopic (exact) mass is 595 g/mol. The SMILES string of the molecule is CCCCCCCCCCCCCC(=O)OCC(COC(=O)CN=[N+]=[N-])OC(=O)CCCCCCCCCCCCC. The van der Waals surface area contributed by atoms with Crippen LogP contribution in [0.2, 0.25) is 0 Å². The molecule has 1 atom stereocenters. The molecule has 1 unspecified atom stereocenters. The van der Waals surface area contributed by atoms with Crippen LogP contribution in [0.25, 0.3) is 10.4 Å². The van der Waals surface area contributed by atoms with Crippen LogP contribution in [0.1, 0.15) is 168 Å². The lowest BCUT2D eigenvalue weighted by Crippen LogP contribution is -2.31. The van der Waals surface area contributed by atoms with Crippen LogP contribution in [0, 0.1) is 0 Å². The van der Waals surface area contributed by atoms with E-state index in [4.69, 9.17) is 19.7 Å². The van der Waals surface area contributed by atoms with Gasteiger partial charge in [0.2, 0.25) is 0 Å². The van der Waals surface area contributed by atoms with Crippen LogP contribution in [-0.2, 0) is 28.6 Å². The van der Waals surface area contributed by atoms with Crippen LogP contribution < -0.4 is 0 Å². The number of carbonyl (C=O) groups is 3. The molecule has 0 fully saturated rings. The summed E-state index contributed by atoms with van der Waals surface area (Å²) >= 11 is 0. The van der Waals surface area contributed by atoms with Crippen LogP contribution in [0.5, 0.6) is 0 Å². The normalized spacial score (nSPS) is 11.5. The molecular weight excluding hydrogens is 534 g/mol. The second-order valence-corrected chi connectivity index (χ2v) is 11.4. The molecule has 0 aliphatic rings. The van der Waals surface area contributed by atoms with Gasteiger partial charge in [0.1, 0.15) is 19.8 Å². The predicted octanol–water partition coefficient (Wildman–Crippen LogP) is 9.70. The fraction of sp³-hybridized carbons (Fsp3) is 0.909. The average molecular weight is 596 g/mol. The van der Waals surface area contributed by atoms with Gasteiger partial charge in [-0.05, 0) is 18.4 Å². The number of hydrogen-bond acceptors (Lipinski definition) is 7. The minimum absolute atomic E-state index is 0.171. The highest BCUT2D eigenvalue weighted by atomic mass is 16.6. The first kappa shape index (κ1) is 39.7. The standard InChI is InChI=1S/C33H61N3O6/c1-3-5-7-9-11-13-15-17-19-21-23-25-31(37)40-28-30(29-41-33(39)27-35-36-34)42-32(38)26-24-22-20-18-16-14-12-10-8-6-4-2/h30H,3-29H2,1-2H3. The van der Waals surface area contributed by atoms with E-state index in [1.807, 2.05) is 0 Å². The van der Waals surface area contributed by atoms with Crippen LogP contribution >= 0.6 is 0 Å². The van der Waals surface area contributed by atoms with Crippen molar-refractivity contribution in [3.05, 3.63) is 10.4 Å². The lowest BCUT2D eigenvalue weighted by atomic mass is 10.1. The van der Waals surface area contributed by atoms with Crippen molar-refractivity contribution in [3.8, 4) is 0 Å². The van der Waals surface area contributed by atoms with Crippen LogP contribution in [-0.4, -0.2) is 43.8 Å². The van der Waals surface area contributed by atoms with Crippen LogP contribution in [0.15, 0.2) is 5.11 Å². The zero-order chi connectivity index (χ0) is 30.9. The van der Waals surface area contributed by atoms with Crippen molar-refractivity contribution in [1.82, 2.24) is 0 Å². The Morgan fingerprint density at radius 3 is 1.31 bits per heavy atom. The Morgan fingerprint density at radius 2 is 0.905 bits per heavy atom. The first-order valence-electron chi connectivity index (χ1n) is 17.0. The van der Waals surface area contributed by atoms with Crippen molar-refractivity contribution in [2.24, 2.45) is 5.11 Å². The van der Waals surface area contributed by atoms with E-state index in [1.54, 1.807) is 0 Å². The maximum Gasteiger partial charge on any atom is 0.311 e. The number of carbonyl (C=O) groups excluding carboxylic acids is 3. The Hall–Kier alpha value is -2.28. The minimum Gasteiger partial charge on any atom is -0.462 e. The maximum absolute atomic E-state index is 12.4. The summed E-state index contributed by atoms with van der Waals surface area (Å²) in [6, 6.07) is 0. The van der Waals surface area contributed by atoms with Crippen molar-refractivity contribution in [2.45, 2.75) is 174 Å². The molecule has 0 aromatic heterocycles. The smallest absolute Gasteiger partial charge is 0.311 e. The van der Waals surface area contributed by atoms with E-state index in [0.717, 1.165) is 38.5 Å². The number of hydrogen-bond donors (Lipinski definition) is 0. The quantitative estimate of drug-likeness (QED) is 0.0196. The molecule has 0 radical (unpaired) electrons. The van der Waals surface area contributed by atoms with E-state index in [-0.39, 0.29) is 25.6 Å². The number of esters is 3. The van der Waals surface area contributed by atoms with Crippen LogP contribution in [0.4, 0.5) is 0 Å². The molecule has 0 N–H and O–H groups in total. The van der Waals surface area contributed by atoms with E-state index in [2.05, 4.69) is 23.9 Å². The molecule has 0 amide bonds.